The Balaban J connectivity index is 1.97. The molecular formula is C13H20N2O2S. The second-order valence-corrected chi connectivity index (χ2v) is 7.02. The molecule has 1 aromatic rings. The van der Waals surface area contributed by atoms with Crippen LogP contribution in [0.2, 0.25) is 0 Å². The van der Waals surface area contributed by atoms with Gasteiger partial charge in [-0.1, -0.05) is 37.3 Å². The molecule has 4 nitrogen and oxygen atoms in total. The molecule has 0 spiro atoms. The van der Waals surface area contributed by atoms with Gasteiger partial charge in [0.25, 0.3) is 0 Å². The molecule has 0 radical (unpaired) electrons. The first kappa shape index (κ1) is 13.5. The number of sulfonamides is 1. The lowest BCUT2D eigenvalue weighted by molar-refractivity contribution is 0.207. The maximum absolute atomic E-state index is 12.1. The zero-order valence-electron chi connectivity index (χ0n) is 10.6. The van der Waals surface area contributed by atoms with Gasteiger partial charge in [0.15, 0.2) is 0 Å². The highest BCUT2D eigenvalue weighted by atomic mass is 32.2. The van der Waals surface area contributed by atoms with Crippen molar-refractivity contribution < 1.29 is 8.42 Å². The minimum absolute atomic E-state index is 0.0214. The maximum Gasteiger partial charge on any atom is 0.214 e. The van der Waals surface area contributed by atoms with E-state index in [1.54, 1.807) is 4.31 Å². The molecule has 1 unspecified atom stereocenters. The van der Waals surface area contributed by atoms with E-state index in [9.17, 15) is 8.42 Å². The first-order valence-electron chi connectivity index (χ1n) is 6.25. The minimum Gasteiger partial charge on any atom is -0.330 e. The molecule has 1 aliphatic rings. The molecule has 0 aromatic heterocycles. The van der Waals surface area contributed by atoms with Gasteiger partial charge in [-0.05, 0) is 23.9 Å². The Kier molecular flexibility index (Phi) is 4.04. The summed E-state index contributed by atoms with van der Waals surface area (Å²) >= 11 is 0. The average molecular weight is 268 g/mol. The van der Waals surface area contributed by atoms with Crippen LogP contribution in [0.25, 0.3) is 0 Å². The standard InChI is InChI=1S/C13H20N2O2S/c1-11(13-5-3-2-4-6-13)10-18(16,17)15-8-12(7-14)9-15/h2-6,11-12H,7-10,14H2,1H3. The van der Waals surface area contributed by atoms with Crippen LogP contribution < -0.4 is 5.73 Å². The number of nitrogens with zero attached hydrogens (tertiary/aromatic N) is 1. The van der Waals surface area contributed by atoms with Gasteiger partial charge in [-0.25, -0.2) is 12.7 Å². The van der Waals surface area contributed by atoms with Crippen molar-refractivity contribution >= 4 is 10.0 Å². The van der Waals surface area contributed by atoms with Crippen molar-refractivity contribution in [3.05, 3.63) is 35.9 Å². The summed E-state index contributed by atoms with van der Waals surface area (Å²) in [4.78, 5) is 0. The van der Waals surface area contributed by atoms with Gasteiger partial charge in [-0.15, -0.1) is 0 Å². The zero-order valence-corrected chi connectivity index (χ0v) is 11.4. The van der Waals surface area contributed by atoms with Gasteiger partial charge in [0, 0.05) is 13.1 Å². The number of nitrogens with two attached hydrogens (primary N) is 1. The van der Waals surface area contributed by atoms with Gasteiger partial charge in [0.2, 0.25) is 10.0 Å². The Morgan fingerprint density at radius 3 is 2.50 bits per heavy atom. The van der Waals surface area contributed by atoms with Crippen LogP contribution in [0.15, 0.2) is 30.3 Å². The molecule has 0 aliphatic carbocycles. The van der Waals surface area contributed by atoms with Crippen molar-refractivity contribution in [1.82, 2.24) is 4.31 Å². The number of benzene rings is 1. The monoisotopic (exact) mass is 268 g/mol. The van der Waals surface area contributed by atoms with Crippen LogP contribution >= 0.6 is 0 Å². The fourth-order valence-corrected chi connectivity index (χ4v) is 4.11. The topological polar surface area (TPSA) is 63.4 Å². The number of rotatable bonds is 5. The van der Waals surface area contributed by atoms with E-state index in [2.05, 4.69) is 0 Å². The van der Waals surface area contributed by atoms with Gasteiger partial charge in [-0.3, -0.25) is 0 Å². The van der Waals surface area contributed by atoms with E-state index in [1.807, 2.05) is 37.3 Å². The molecule has 1 aliphatic heterocycles. The second-order valence-electron chi connectivity index (χ2n) is 5.01. The Hall–Kier alpha value is -0.910. The van der Waals surface area contributed by atoms with Crippen LogP contribution in [0.1, 0.15) is 18.4 Å². The zero-order chi connectivity index (χ0) is 13.2. The maximum atomic E-state index is 12.1. The Morgan fingerprint density at radius 2 is 1.94 bits per heavy atom. The molecule has 18 heavy (non-hydrogen) atoms. The van der Waals surface area contributed by atoms with Crippen LogP contribution in [0.4, 0.5) is 0 Å². The van der Waals surface area contributed by atoms with Crippen LogP contribution in [-0.2, 0) is 10.0 Å². The van der Waals surface area contributed by atoms with Crippen LogP contribution in [-0.4, -0.2) is 38.1 Å². The lowest BCUT2D eigenvalue weighted by atomic mass is 10.0. The normalized spacial score (nSPS) is 19.4. The molecule has 2 N–H and O–H groups in total. The van der Waals surface area contributed by atoms with E-state index in [4.69, 9.17) is 5.73 Å². The van der Waals surface area contributed by atoms with Crippen molar-refractivity contribution in [1.29, 1.82) is 0 Å². The molecule has 0 saturated carbocycles. The highest BCUT2D eigenvalue weighted by Gasteiger charge is 2.35. The third-order valence-electron chi connectivity index (χ3n) is 3.48. The van der Waals surface area contributed by atoms with Crippen molar-refractivity contribution in [3.8, 4) is 0 Å². The van der Waals surface area contributed by atoms with Crippen molar-refractivity contribution in [2.45, 2.75) is 12.8 Å². The molecular weight excluding hydrogens is 248 g/mol. The lowest BCUT2D eigenvalue weighted by Crippen LogP contribution is -2.53. The molecule has 2 rings (SSSR count). The summed E-state index contributed by atoms with van der Waals surface area (Å²) in [5, 5.41) is 0. The molecule has 1 aromatic carbocycles. The van der Waals surface area contributed by atoms with Gasteiger partial charge in [0.05, 0.1) is 5.75 Å². The molecule has 1 atom stereocenters. The summed E-state index contributed by atoms with van der Waals surface area (Å²) < 4.78 is 25.8. The first-order chi connectivity index (χ1) is 8.53. The predicted octanol–water partition coefficient (Wildman–Crippen LogP) is 1.01. The second kappa shape index (κ2) is 5.38. The molecule has 1 fully saturated rings. The van der Waals surface area contributed by atoms with Gasteiger partial charge >= 0.3 is 0 Å². The smallest absolute Gasteiger partial charge is 0.214 e. The highest BCUT2D eigenvalue weighted by Crippen LogP contribution is 2.23. The highest BCUT2D eigenvalue weighted by molar-refractivity contribution is 7.89. The van der Waals surface area contributed by atoms with Crippen molar-refractivity contribution in [2.24, 2.45) is 11.7 Å². The van der Waals surface area contributed by atoms with E-state index in [-0.39, 0.29) is 11.7 Å². The van der Waals surface area contributed by atoms with Crippen molar-refractivity contribution in [2.75, 3.05) is 25.4 Å². The Bertz CT molecular complexity index is 481. The lowest BCUT2D eigenvalue weighted by Gasteiger charge is -2.37. The van der Waals surface area contributed by atoms with Crippen LogP contribution in [0.5, 0.6) is 0 Å². The largest absolute Gasteiger partial charge is 0.330 e. The average Bonchev–Trinajstić information content (AvgIpc) is 2.27. The molecule has 0 amide bonds. The molecule has 1 heterocycles. The Labute approximate surface area is 109 Å². The minimum atomic E-state index is -3.14. The van der Waals surface area contributed by atoms with E-state index in [0.717, 1.165) is 5.56 Å². The third-order valence-corrected chi connectivity index (χ3v) is 5.49. The summed E-state index contributed by atoms with van der Waals surface area (Å²) in [5.74, 6) is 0.536. The molecule has 1 saturated heterocycles. The fraction of sp³-hybridized carbons (Fsp3) is 0.538. The molecule has 100 valence electrons. The molecule has 5 heteroatoms. The van der Waals surface area contributed by atoms with Crippen LogP contribution in [0, 0.1) is 5.92 Å². The van der Waals surface area contributed by atoms with Crippen LogP contribution in [0.3, 0.4) is 0 Å². The SMILES string of the molecule is CC(CS(=O)(=O)N1CC(CN)C1)c1ccccc1. The summed E-state index contributed by atoms with van der Waals surface area (Å²) in [6.07, 6.45) is 0. The number of hydrogen-bond donors (Lipinski definition) is 1. The molecule has 0 bridgehead atoms. The summed E-state index contributed by atoms with van der Waals surface area (Å²) in [5.41, 5.74) is 6.58. The fourth-order valence-electron chi connectivity index (χ4n) is 2.20. The van der Waals surface area contributed by atoms with E-state index in [1.165, 1.54) is 0 Å². The van der Waals surface area contributed by atoms with E-state index in [0.29, 0.717) is 25.6 Å². The van der Waals surface area contributed by atoms with Gasteiger partial charge in [-0.2, -0.15) is 0 Å². The van der Waals surface area contributed by atoms with E-state index >= 15 is 0 Å². The number of hydrogen-bond acceptors (Lipinski definition) is 3. The van der Waals surface area contributed by atoms with E-state index < -0.39 is 10.0 Å². The Morgan fingerprint density at radius 1 is 1.33 bits per heavy atom. The summed E-state index contributed by atoms with van der Waals surface area (Å²) in [6, 6.07) is 9.75. The summed E-state index contributed by atoms with van der Waals surface area (Å²) in [7, 11) is -3.14. The quantitative estimate of drug-likeness (QED) is 0.867. The predicted molar refractivity (Wildman–Crippen MR) is 72.8 cm³/mol. The van der Waals surface area contributed by atoms with Crippen molar-refractivity contribution in [3.63, 3.8) is 0 Å². The van der Waals surface area contributed by atoms with Gasteiger partial charge in [0.1, 0.15) is 0 Å². The third kappa shape index (κ3) is 2.91. The first-order valence-corrected chi connectivity index (χ1v) is 7.86. The van der Waals surface area contributed by atoms with Gasteiger partial charge < -0.3 is 5.73 Å². The summed E-state index contributed by atoms with van der Waals surface area (Å²) in [6.45, 7) is 3.69.